The summed E-state index contributed by atoms with van der Waals surface area (Å²) in [5.74, 6) is -4.50. The van der Waals surface area contributed by atoms with E-state index >= 15 is 0 Å². The van der Waals surface area contributed by atoms with Crippen molar-refractivity contribution in [1.29, 1.82) is 0 Å². The van der Waals surface area contributed by atoms with Crippen LogP contribution in [0.15, 0.2) is 41.5 Å². The molecule has 3 heterocycles. The van der Waals surface area contributed by atoms with Crippen molar-refractivity contribution in [3.63, 3.8) is 0 Å². The molecule has 2 atom stereocenters. The molecule has 10 heteroatoms. The third-order valence-electron chi connectivity index (χ3n) is 5.94. The van der Waals surface area contributed by atoms with Crippen LogP contribution in [0.4, 0.5) is 8.78 Å². The molecule has 1 N–H and O–H groups in total. The maximum Gasteiger partial charge on any atom is 0.243 e. The third kappa shape index (κ3) is 4.88. The number of ketones is 1. The molecule has 0 radical (unpaired) electrons. The maximum atomic E-state index is 14.8. The van der Waals surface area contributed by atoms with Gasteiger partial charge in [-0.3, -0.25) is 14.6 Å². The molecule has 184 valence electrons. The van der Waals surface area contributed by atoms with Gasteiger partial charge in [-0.25, -0.2) is 8.78 Å². The molecule has 2 aromatic heterocycles. The number of fused-ring (bicyclic) bond motifs is 1. The molecule has 1 fully saturated rings. The van der Waals surface area contributed by atoms with Crippen molar-refractivity contribution in [2.75, 3.05) is 27.4 Å². The lowest BCUT2D eigenvalue weighted by Gasteiger charge is -2.31. The van der Waals surface area contributed by atoms with Crippen LogP contribution in [-0.2, 0) is 16.0 Å². The van der Waals surface area contributed by atoms with Crippen LogP contribution in [-0.4, -0.2) is 50.1 Å². The number of benzene rings is 1. The van der Waals surface area contributed by atoms with Gasteiger partial charge in [-0.2, -0.15) is 0 Å². The summed E-state index contributed by atoms with van der Waals surface area (Å²) in [6, 6.07) is 4.07. The van der Waals surface area contributed by atoms with Crippen LogP contribution < -0.4 is 14.8 Å². The number of halogens is 2. The molecule has 0 spiro atoms. The number of aromatic nitrogens is 1. The highest BCUT2D eigenvalue weighted by molar-refractivity contribution is 6.09. The van der Waals surface area contributed by atoms with Crippen LogP contribution in [0.2, 0.25) is 0 Å². The van der Waals surface area contributed by atoms with E-state index in [4.69, 9.17) is 18.6 Å². The predicted octanol–water partition coefficient (Wildman–Crippen LogP) is 3.60. The Bertz CT molecular complexity index is 1260. The van der Waals surface area contributed by atoms with Gasteiger partial charge in [0.1, 0.15) is 5.56 Å². The maximum absolute atomic E-state index is 14.8. The molecule has 0 bridgehead atoms. The minimum absolute atomic E-state index is 0.0157. The summed E-state index contributed by atoms with van der Waals surface area (Å²) < 4.78 is 50.5. The van der Waals surface area contributed by atoms with Gasteiger partial charge >= 0.3 is 0 Å². The smallest absolute Gasteiger partial charge is 0.243 e. The van der Waals surface area contributed by atoms with Crippen molar-refractivity contribution < 1.29 is 37.0 Å². The topological polar surface area (TPSA) is 99.9 Å². The molecule has 1 amide bonds. The van der Waals surface area contributed by atoms with E-state index in [0.29, 0.717) is 37.1 Å². The van der Waals surface area contributed by atoms with E-state index in [1.807, 2.05) is 0 Å². The SMILES string of the molecule is C=CC(=O)NC1CCOCC1Cc1cc2cc(C(=O)c3c(F)c(OC)cc(OC)c3F)oc2cn1. The second kappa shape index (κ2) is 10.2. The van der Waals surface area contributed by atoms with Crippen molar-refractivity contribution in [1.82, 2.24) is 10.3 Å². The Morgan fingerprint density at radius 3 is 2.57 bits per heavy atom. The van der Waals surface area contributed by atoms with Crippen molar-refractivity contribution in [3.05, 3.63) is 65.7 Å². The van der Waals surface area contributed by atoms with E-state index in [1.165, 1.54) is 32.6 Å². The van der Waals surface area contributed by atoms with Crippen molar-refractivity contribution in [3.8, 4) is 11.5 Å². The average Bonchev–Trinajstić information content (AvgIpc) is 3.29. The first kappa shape index (κ1) is 24.3. The molecule has 0 saturated carbocycles. The van der Waals surface area contributed by atoms with Gasteiger partial charge in [0, 0.05) is 35.7 Å². The number of hydrogen-bond donors (Lipinski definition) is 1. The van der Waals surface area contributed by atoms with E-state index in [1.54, 1.807) is 6.07 Å². The summed E-state index contributed by atoms with van der Waals surface area (Å²) in [5.41, 5.74) is 0.129. The van der Waals surface area contributed by atoms with E-state index in [2.05, 4.69) is 16.9 Å². The number of nitrogens with one attached hydrogen (secondary N) is 1. The van der Waals surface area contributed by atoms with Gasteiger partial charge in [0.25, 0.3) is 0 Å². The quantitative estimate of drug-likeness (QED) is 0.384. The average molecular weight is 486 g/mol. The Balaban J connectivity index is 1.62. The molecule has 1 aliphatic rings. The minimum atomic E-state index is -1.15. The number of rotatable bonds is 8. The van der Waals surface area contributed by atoms with Crippen LogP contribution >= 0.6 is 0 Å². The van der Waals surface area contributed by atoms with E-state index < -0.39 is 23.0 Å². The van der Waals surface area contributed by atoms with E-state index in [0.717, 1.165) is 6.07 Å². The number of methoxy groups -OCH3 is 2. The molecular formula is C25H24F2N2O6. The summed E-state index contributed by atoms with van der Waals surface area (Å²) in [5, 5.41) is 3.46. The van der Waals surface area contributed by atoms with Crippen LogP contribution in [0.5, 0.6) is 11.5 Å². The fraction of sp³-hybridized carbons (Fsp3) is 0.320. The van der Waals surface area contributed by atoms with Crippen LogP contribution in [0.25, 0.3) is 11.0 Å². The summed E-state index contributed by atoms with van der Waals surface area (Å²) in [6.45, 7) is 4.48. The Kier molecular flexibility index (Phi) is 7.11. The van der Waals surface area contributed by atoms with Gasteiger partial charge in [0.15, 0.2) is 34.5 Å². The lowest BCUT2D eigenvalue weighted by Crippen LogP contribution is -2.45. The number of nitrogens with zero attached hydrogens (tertiary/aromatic N) is 1. The Morgan fingerprint density at radius 1 is 1.20 bits per heavy atom. The second-order valence-electron chi connectivity index (χ2n) is 8.08. The predicted molar refractivity (Wildman–Crippen MR) is 122 cm³/mol. The fourth-order valence-electron chi connectivity index (χ4n) is 4.12. The Morgan fingerprint density at radius 2 is 1.91 bits per heavy atom. The van der Waals surface area contributed by atoms with Gasteiger partial charge in [-0.05, 0) is 31.1 Å². The molecule has 3 aromatic rings. The molecule has 1 aliphatic heterocycles. The van der Waals surface area contributed by atoms with Crippen LogP contribution in [0, 0.1) is 17.6 Å². The fourth-order valence-corrected chi connectivity index (χ4v) is 4.12. The van der Waals surface area contributed by atoms with Gasteiger partial charge in [0.2, 0.25) is 11.7 Å². The van der Waals surface area contributed by atoms with Gasteiger partial charge in [-0.15, -0.1) is 0 Å². The first-order valence-electron chi connectivity index (χ1n) is 10.9. The van der Waals surface area contributed by atoms with E-state index in [-0.39, 0.29) is 40.7 Å². The Labute approximate surface area is 199 Å². The second-order valence-corrected chi connectivity index (χ2v) is 8.08. The highest BCUT2D eigenvalue weighted by Gasteiger charge is 2.30. The molecule has 8 nitrogen and oxygen atoms in total. The minimum Gasteiger partial charge on any atom is -0.494 e. The molecular weight excluding hydrogens is 462 g/mol. The third-order valence-corrected chi connectivity index (χ3v) is 5.94. The first-order valence-corrected chi connectivity index (χ1v) is 10.9. The summed E-state index contributed by atoms with van der Waals surface area (Å²) in [4.78, 5) is 29.2. The van der Waals surface area contributed by atoms with Gasteiger partial charge < -0.3 is 23.9 Å². The lowest BCUT2D eigenvalue weighted by molar-refractivity contribution is -0.118. The summed E-state index contributed by atoms with van der Waals surface area (Å²) in [6.07, 6.45) is 3.84. The highest BCUT2D eigenvalue weighted by atomic mass is 19.1. The largest absolute Gasteiger partial charge is 0.494 e. The van der Waals surface area contributed by atoms with Crippen molar-refractivity contribution in [2.45, 2.75) is 18.9 Å². The van der Waals surface area contributed by atoms with Crippen molar-refractivity contribution >= 4 is 22.7 Å². The van der Waals surface area contributed by atoms with E-state index in [9.17, 15) is 18.4 Å². The lowest BCUT2D eigenvalue weighted by atomic mass is 9.91. The highest BCUT2D eigenvalue weighted by Crippen LogP contribution is 2.33. The number of amides is 1. The van der Waals surface area contributed by atoms with Gasteiger partial charge in [0.05, 0.1) is 27.0 Å². The van der Waals surface area contributed by atoms with Crippen LogP contribution in [0.3, 0.4) is 0 Å². The molecule has 35 heavy (non-hydrogen) atoms. The zero-order valence-corrected chi connectivity index (χ0v) is 19.2. The zero-order chi connectivity index (χ0) is 25.1. The normalized spacial score (nSPS) is 17.7. The number of carbonyl (C=O) groups excluding carboxylic acids is 2. The number of pyridine rings is 1. The molecule has 1 aromatic carbocycles. The van der Waals surface area contributed by atoms with Crippen molar-refractivity contribution in [2.24, 2.45) is 5.92 Å². The monoisotopic (exact) mass is 486 g/mol. The molecule has 2 unspecified atom stereocenters. The summed E-state index contributed by atoms with van der Waals surface area (Å²) >= 11 is 0. The molecule has 4 rings (SSSR count). The number of ether oxygens (including phenoxy) is 3. The standard InChI is InChI=1S/C25H24F2N2O6/c1-4-21(30)29-16-5-6-34-12-14(16)8-15-7-13-9-19(35-20(13)11-28-15)25(31)22-23(26)17(32-2)10-18(33-3)24(22)27/h4,7,9-11,14,16H,1,5-6,8,12H2,2-3H3,(H,29,30). The van der Waals surface area contributed by atoms with Gasteiger partial charge in [-0.1, -0.05) is 6.58 Å². The summed E-state index contributed by atoms with van der Waals surface area (Å²) in [7, 11) is 2.40. The number of furan rings is 1. The number of carbonyl (C=O) groups is 2. The molecule has 0 aliphatic carbocycles. The Hall–Kier alpha value is -3.79. The molecule has 1 saturated heterocycles. The van der Waals surface area contributed by atoms with Crippen LogP contribution in [0.1, 0.15) is 28.2 Å². The zero-order valence-electron chi connectivity index (χ0n) is 19.2. The first-order chi connectivity index (χ1) is 16.9. The number of hydrogen-bond acceptors (Lipinski definition) is 7.